The third-order valence-corrected chi connectivity index (χ3v) is 6.19. The Morgan fingerprint density at radius 3 is 2.50 bits per heavy atom. The Hall–Kier alpha value is -1.81. The zero-order valence-electron chi connectivity index (χ0n) is 16.9. The Morgan fingerprint density at radius 2 is 1.82 bits per heavy atom. The van der Waals surface area contributed by atoms with E-state index in [0.29, 0.717) is 32.7 Å². The van der Waals surface area contributed by atoms with Crippen molar-refractivity contribution < 1.29 is 8.42 Å². The molecule has 0 bridgehead atoms. The molecule has 28 heavy (non-hydrogen) atoms. The number of hydrogen-bond donors (Lipinski definition) is 1. The topological polar surface area (TPSA) is 81.7 Å². The monoisotopic (exact) mass is 406 g/mol. The minimum Gasteiger partial charge on any atom is -0.369 e. The second-order valence-corrected chi connectivity index (χ2v) is 9.51. The number of para-hydroxylation sites is 1. The van der Waals surface area contributed by atoms with Crippen LogP contribution >= 0.6 is 0 Å². The Labute approximate surface area is 167 Å². The van der Waals surface area contributed by atoms with Crippen molar-refractivity contribution >= 4 is 26.7 Å². The molecule has 9 heteroatoms. The maximum Gasteiger partial charge on any atom is 0.211 e. The fraction of sp³-hybridized carbons (Fsp3) is 0.579. The summed E-state index contributed by atoms with van der Waals surface area (Å²) < 4.78 is 24.9. The van der Waals surface area contributed by atoms with E-state index in [9.17, 15) is 8.42 Å². The van der Waals surface area contributed by atoms with E-state index < -0.39 is 10.0 Å². The van der Waals surface area contributed by atoms with E-state index in [0.717, 1.165) is 42.1 Å². The number of piperazine rings is 1. The van der Waals surface area contributed by atoms with Gasteiger partial charge in [0.1, 0.15) is 11.6 Å². The summed E-state index contributed by atoms with van der Waals surface area (Å²) in [5, 5.41) is 4.49. The summed E-state index contributed by atoms with van der Waals surface area (Å²) in [6, 6.07) is 8.03. The van der Waals surface area contributed by atoms with E-state index in [2.05, 4.69) is 29.2 Å². The molecule has 2 aromatic rings. The van der Waals surface area contributed by atoms with Crippen molar-refractivity contribution in [3.8, 4) is 0 Å². The average molecular weight is 407 g/mol. The highest BCUT2D eigenvalue weighted by atomic mass is 32.2. The van der Waals surface area contributed by atoms with Gasteiger partial charge in [0.2, 0.25) is 10.0 Å². The molecular formula is C19H30N6O2S. The van der Waals surface area contributed by atoms with Crippen LogP contribution in [0.15, 0.2) is 24.3 Å². The first kappa shape index (κ1) is 20.9. The molecule has 0 atom stereocenters. The smallest absolute Gasteiger partial charge is 0.211 e. The van der Waals surface area contributed by atoms with Gasteiger partial charge in [0, 0.05) is 38.1 Å². The summed E-state index contributed by atoms with van der Waals surface area (Å²) in [6.07, 6.45) is 2.30. The summed E-state index contributed by atoms with van der Waals surface area (Å²) in [7, 11) is 1.03. The quantitative estimate of drug-likeness (QED) is 0.657. The third-order valence-electron chi connectivity index (χ3n) is 4.89. The molecule has 0 spiro atoms. The molecule has 2 heterocycles. The average Bonchev–Trinajstić information content (AvgIpc) is 2.64. The van der Waals surface area contributed by atoms with Crippen molar-refractivity contribution in [2.45, 2.75) is 13.0 Å². The fourth-order valence-corrected chi connectivity index (χ4v) is 4.18. The van der Waals surface area contributed by atoms with E-state index in [4.69, 9.17) is 9.97 Å². The van der Waals surface area contributed by atoms with Crippen LogP contribution in [0.3, 0.4) is 0 Å². The molecule has 154 valence electrons. The van der Waals surface area contributed by atoms with Gasteiger partial charge in [0.15, 0.2) is 0 Å². The zero-order chi connectivity index (χ0) is 20.1. The summed E-state index contributed by atoms with van der Waals surface area (Å²) >= 11 is 0. The van der Waals surface area contributed by atoms with Crippen LogP contribution in [0.5, 0.6) is 0 Å². The molecule has 0 radical (unpaired) electrons. The summed E-state index contributed by atoms with van der Waals surface area (Å²) in [5.74, 6) is 1.63. The SMILES string of the molecule is CN(C)CCCNc1nc(CN2CCN(S(C)(=O)=O)CC2)nc2ccccc12. The van der Waals surface area contributed by atoms with Crippen LogP contribution in [0.2, 0.25) is 0 Å². The standard InChI is InChI=1S/C19H30N6O2S/c1-23(2)10-6-9-20-19-16-7-4-5-8-17(16)21-18(22-19)15-24-11-13-25(14-12-24)28(3,26)27/h4-5,7-8H,6,9-15H2,1-3H3,(H,20,21,22). The lowest BCUT2D eigenvalue weighted by molar-refractivity contribution is 0.179. The van der Waals surface area contributed by atoms with Crippen LogP contribution in [0.25, 0.3) is 10.9 Å². The second-order valence-electron chi connectivity index (χ2n) is 7.53. The van der Waals surface area contributed by atoms with Crippen molar-refractivity contribution in [1.29, 1.82) is 0 Å². The predicted octanol–water partition coefficient (Wildman–Crippen LogP) is 1.07. The Morgan fingerprint density at radius 1 is 1.11 bits per heavy atom. The Kier molecular flexibility index (Phi) is 6.82. The molecular weight excluding hydrogens is 376 g/mol. The highest BCUT2D eigenvalue weighted by molar-refractivity contribution is 7.88. The van der Waals surface area contributed by atoms with Crippen LogP contribution < -0.4 is 5.32 Å². The predicted molar refractivity (Wildman–Crippen MR) is 113 cm³/mol. The minimum atomic E-state index is -3.11. The van der Waals surface area contributed by atoms with Gasteiger partial charge in [-0.1, -0.05) is 12.1 Å². The van der Waals surface area contributed by atoms with Gasteiger partial charge in [-0.3, -0.25) is 4.90 Å². The van der Waals surface area contributed by atoms with Gasteiger partial charge in [-0.05, 0) is 39.2 Å². The van der Waals surface area contributed by atoms with Gasteiger partial charge < -0.3 is 10.2 Å². The van der Waals surface area contributed by atoms with Crippen molar-refractivity contribution in [3.63, 3.8) is 0 Å². The summed E-state index contributed by atoms with van der Waals surface area (Å²) in [4.78, 5) is 13.9. The number of nitrogens with zero attached hydrogens (tertiary/aromatic N) is 5. The highest BCUT2D eigenvalue weighted by Gasteiger charge is 2.24. The maximum absolute atomic E-state index is 11.7. The lowest BCUT2D eigenvalue weighted by Crippen LogP contribution is -2.48. The lowest BCUT2D eigenvalue weighted by Gasteiger charge is -2.32. The van der Waals surface area contributed by atoms with Crippen LogP contribution in [0, 0.1) is 0 Å². The number of sulfonamides is 1. The Bertz CT molecular complexity index is 894. The molecule has 1 aromatic carbocycles. The van der Waals surface area contributed by atoms with E-state index >= 15 is 0 Å². The summed E-state index contributed by atoms with van der Waals surface area (Å²) in [6.45, 7) is 4.90. The summed E-state index contributed by atoms with van der Waals surface area (Å²) in [5.41, 5.74) is 0.928. The second kappa shape index (κ2) is 9.13. The van der Waals surface area contributed by atoms with Crippen LogP contribution in [0.1, 0.15) is 12.2 Å². The van der Waals surface area contributed by atoms with Crippen LogP contribution in [-0.2, 0) is 16.6 Å². The van der Waals surface area contributed by atoms with Gasteiger partial charge in [0.05, 0.1) is 18.3 Å². The molecule has 1 saturated heterocycles. The van der Waals surface area contributed by atoms with Crippen molar-refractivity contribution in [3.05, 3.63) is 30.1 Å². The first-order valence-corrected chi connectivity index (χ1v) is 11.5. The molecule has 1 fully saturated rings. The largest absolute Gasteiger partial charge is 0.369 e. The maximum atomic E-state index is 11.7. The molecule has 1 aliphatic rings. The van der Waals surface area contributed by atoms with E-state index in [1.165, 1.54) is 10.6 Å². The molecule has 1 aromatic heterocycles. The van der Waals surface area contributed by atoms with Crippen molar-refractivity contribution in [2.75, 3.05) is 64.9 Å². The van der Waals surface area contributed by atoms with E-state index in [1.54, 1.807) is 0 Å². The molecule has 0 unspecified atom stereocenters. The lowest BCUT2D eigenvalue weighted by atomic mass is 10.2. The number of rotatable bonds is 8. The zero-order valence-corrected chi connectivity index (χ0v) is 17.7. The molecule has 3 rings (SSSR count). The molecule has 1 N–H and O–H groups in total. The number of aromatic nitrogens is 2. The molecule has 1 aliphatic heterocycles. The number of fused-ring (bicyclic) bond motifs is 1. The fourth-order valence-electron chi connectivity index (χ4n) is 3.35. The normalized spacial score (nSPS) is 16.7. The number of nitrogens with one attached hydrogen (secondary N) is 1. The van der Waals surface area contributed by atoms with E-state index in [1.807, 2.05) is 24.3 Å². The van der Waals surface area contributed by atoms with Gasteiger partial charge >= 0.3 is 0 Å². The first-order chi connectivity index (χ1) is 13.3. The van der Waals surface area contributed by atoms with Crippen LogP contribution in [0.4, 0.5) is 5.82 Å². The number of anilines is 1. The number of benzene rings is 1. The van der Waals surface area contributed by atoms with Crippen molar-refractivity contribution in [2.24, 2.45) is 0 Å². The van der Waals surface area contributed by atoms with Gasteiger partial charge in [-0.15, -0.1) is 0 Å². The van der Waals surface area contributed by atoms with E-state index in [-0.39, 0.29) is 0 Å². The minimum absolute atomic E-state index is 0.516. The third kappa shape index (κ3) is 5.60. The molecule has 0 amide bonds. The highest BCUT2D eigenvalue weighted by Crippen LogP contribution is 2.21. The first-order valence-electron chi connectivity index (χ1n) is 9.64. The van der Waals surface area contributed by atoms with Crippen LogP contribution in [-0.4, -0.2) is 92.1 Å². The molecule has 0 saturated carbocycles. The van der Waals surface area contributed by atoms with Crippen molar-refractivity contribution in [1.82, 2.24) is 24.1 Å². The van der Waals surface area contributed by atoms with Gasteiger partial charge in [0.25, 0.3) is 0 Å². The number of hydrogen-bond acceptors (Lipinski definition) is 7. The Balaban J connectivity index is 1.69. The molecule has 0 aliphatic carbocycles. The van der Waals surface area contributed by atoms with Gasteiger partial charge in [-0.2, -0.15) is 4.31 Å². The van der Waals surface area contributed by atoms with Gasteiger partial charge in [-0.25, -0.2) is 18.4 Å². The molecule has 8 nitrogen and oxygen atoms in total.